The van der Waals surface area contributed by atoms with Crippen molar-refractivity contribution in [3.8, 4) is 11.5 Å². The molecule has 0 aromatic heterocycles. The fraction of sp³-hybridized carbons (Fsp3) is 0.625. The summed E-state index contributed by atoms with van der Waals surface area (Å²) in [7, 11) is 1.60. The number of rotatable bonds is 8. The van der Waals surface area contributed by atoms with Gasteiger partial charge in [-0.25, -0.2) is 0 Å². The summed E-state index contributed by atoms with van der Waals surface area (Å²) in [6.07, 6.45) is 0. The molecule has 0 atom stereocenters. The van der Waals surface area contributed by atoms with Gasteiger partial charge < -0.3 is 19.5 Å². The van der Waals surface area contributed by atoms with Gasteiger partial charge in [-0.2, -0.15) is 0 Å². The first-order chi connectivity index (χ1) is 10.7. The van der Waals surface area contributed by atoms with Gasteiger partial charge in [-0.15, -0.1) is 0 Å². The summed E-state index contributed by atoms with van der Waals surface area (Å²) in [4.78, 5) is 2.41. The number of nitrogens with one attached hydrogen (secondary N) is 1. The Morgan fingerprint density at radius 2 is 2.09 bits per heavy atom. The van der Waals surface area contributed by atoms with Crippen molar-refractivity contribution in [2.45, 2.75) is 13.5 Å². The van der Waals surface area contributed by atoms with Crippen molar-refractivity contribution in [1.29, 1.82) is 0 Å². The zero-order chi connectivity index (χ0) is 15.8. The maximum Gasteiger partial charge on any atom is 0.179 e. The molecule has 0 bridgehead atoms. The third-order valence-corrected chi connectivity index (χ3v) is 3.89. The van der Waals surface area contributed by atoms with E-state index >= 15 is 0 Å². The van der Waals surface area contributed by atoms with Crippen LogP contribution in [-0.2, 0) is 11.3 Å². The second-order valence-corrected chi connectivity index (χ2v) is 5.58. The maximum atomic E-state index is 6.25. The van der Waals surface area contributed by atoms with Crippen LogP contribution < -0.4 is 14.8 Å². The predicted molar refractivity (Wildman–Crippen MR) is 88.1 cm³/mol. The molecule has 0 aliphatic carbocycles. The van der Waals surface area contributed by atoms with Gasteiger partial charge >= 0.3 is 0 Å². The van der Waals surface area contributed by atoms with Crippen molar-refractivity contribution in [2.75, 3.05) is 53.1 Å². The maximum absolute atomic E-state index is 6.25. The average Bonchev–Trinajstić information content (AvgIpc) is 2.53. The van der Waals surface area contributed by atoms with Gasteiger partial charge in [0.25, 0.3) is 0 Å². The van der Waals surface area contributed by atoms with Crippen LogP contribution in [0.2, 0.25) is 5.02 Å². The number of methoxy groups -OCH3 is 1. The normalized spacial score (nSPS) is 15.8. The van der Waals surface area contributed by atoms with Gasteiger partial charge in [-0.3, -0.25) is 4.90 Å². The van der Waals surface area contributed by atoms with Gasteiger partial charge in [0.1, 0.15) is 0 Å². The van der Waals surface area contributed by atoms with Gasteiger partial charge in [0.15, 0.2) is 11.5 Å². The average molecular weight is 329 g/mol. The van der Waals surface area contributed by atoms with E-state index in [-0.39, 0.29) is 0 Å². The van der Waals surface area contributed by atoms with Crippen LogP contribution in [0.3, 0.4) is 0 Å². The van der Waals surface area contributed by atoms with Gasteiger partial charge in [0.05, 0.1) is 32.0 Å². The molecule has 1 heterocycles. The van der Waals surface area contributed by atoms with E-state index in [0.717, 1.165) is 51.5 Å². The number of hydrogen-bond acceptors (Lipinski definition) is 5. The quantitative estimate of drug-likeness (QED) is 0.741. The Morgan fingerprint density at radius 1 is 1.32 bits per heavy atom. The summed E-state index contributed by atoms with van der Waals surface area (Å²) in [5, 5.41) is 4.03. The Labute approximate surface area is 137 Å². The van der Waals surface area contributed by atoms with Crippen molar-refractivity contribution in [2.24, 2.45) is 0 Å². The third-order valence-electron chi connectivity index (χ3n) is 3.61. The Balaban J connectivity index is 1.84. The van der Waals surface area contributed by atoms with E-state index in [1.165, 1.54) is 0 Å². The van der Waals surface area contributed by atoms with Crippen LogP contribution in [0.4, 0.5) is 0 Å². The molecule has 1 aromatic carbocycles. The van der Waals surface area contributed by atoms with Crippen LogP contribution in [-0.4, -0.2) is 58.0 Å². The highest BCUT2D eigenvalue weighted by Crippen LogP contribution is 2.36. The molecule has 1 fully saturated rings. The predicted octanol–water partition coefficient (Wildman–Crippen LogP) is 2.17. The van der Waals surface area contributed by atoms with Crippen LogP contribution in [0.25, 0.3) is 0 Å². The summed E-state index contributed by atoms with van der Waals surface area (Å²) in [6, 6.07) is 3.90. The lowest BCUT2D eigenvalue weighted by Crippen LogP contribution is -2.40. The van der Waals surface area contributed by atoms with Gasteiger partial charge in [-0.05, 0) is 24.6 Å². The van der Waals surface area contributed by atoms with Crippen LogP contribution in [0.15, 0.2) is 12.1 Å². The molecule has 2 rings (SSSR count). The molecule has 0 spiro atoms. The molecule has 0 radical (unpaired) electrons. The SMILES string of the molecule is CCOc1cc(CNCCN2CCOCC2)cc(Cl)c1OC. The smallest absolute Gasteiger partial charge is 0.179 e. The van der Waals surface area contributed by atoms with Crippen molar-refractivity contribution in [3.63, 3.8) is 0 Å². The Morgan fingerprint density at radius 3 is 2.77 bits per heavy atom. The molecule has 124 valence electrons. The van der Waals surface area contributed by atoms with Crippen LogP contribution in [0, 0.1) is 0 Å². The first-order valence-corrected chi connectivity index (χ1v) is 8.12. The first-order valence-electron chi connectivity index (χ1n) is 7.74. The molecule has 1 aliphatic heterocycles. The molecular formula is C16H25ClN2O3. The second-order valence-electron chi connectivity index (χ2n) is 5.17. The van der Waals surface area contributed by atoms with Crippen molar-refractivity contribution < 1.29 is 14.2 Å². The molecule has 22 heavy (non-hydrogen) atoms. The molecule has 0 amide bonds. The zero-order valence-corrected chi connectivity index (χ0v) is 14.1. The minimum Gasteiger partial charge on any atom is -0.491 e. The van der Waals surface area contributed by atoms with E-state index in [1.54, 1.807) is 7.11 Å². The summed E-state index contributed by atoms with van der Waals surface area (Å²) in [5.41, 5.74) is 1.09. The number of benzene rings is 1. The van der Waals surface area contributed by atoms with Gasteiger partial charge in [0, 0.05) is 32.7 Å². The summed E-state index contributed by atoms with van der Waals surface area (Å²) >= 11 is 6.25. The van der Waals surface area contributed by atoms with E-state index in [9.17, 15) is 0 Å². The largest absolute Gasteiger partial charge is 0.491 e. The minimum atomic E-state index is 0.582. The molecule has 5 nitrogen and oxygen atoms in total. The van der Waals surface area contributed by atoms with Crippen LogP contribution >= 0.6 is 11.6 Å². The van der Waals surface area contributed by atoms with E-state index in [1.807, 2.05) is 19.1 Å². The van der Waals surface area contributed by atoms with Gasteiger partial charge in [0.2, 0.25) is 0 Å². The lowest BCUT2D eigenvalue weighted by atomic mass is 10.2. The molecule has 1 aliphatic rings. The Hall–Kier alpha value is -1.01. The lowest BCUT2D eigenvalue weighted by Gasteiger charge is -2.26. The number of hydrogen-bond donors (Lipinski definition) is 1. The van der Waals surface area contributed by atoms with E-state index in [2.05, 4.69) is 10.2 Å². The summed E-state index contributed by atoms with van der Waals surface area (Å²) in [5.74, 6) is 1.29. The Bertz CT molecular complexity index is 465. The topological polar surface area (TPSA) is 43.0 Å². The summed E-state index contributed by atoms with van der Waals surface area (Å²) < 4.78 is 16.2. The standard InChI is InChI=1S/C16H25ClN2O3/c1-3-22-15-11-13(10-14(17)16(15)20-2)12-18-4-5-19-6-8-21-9-7-19/h10-11,18H,3-9,12H2,1-2H3. The molecular weight excluding hydrogens is 304 g/mol. The number of nitrogens with zero attached hydrogens (tertiary/aromatic N) is 1. The molecule has 6 heteroatoms. The van der Waals surface area contributed by atoms with Gasteiger partial charge in [-0.1, -0.05) is 11.6 Å². The highest BCUT2D eigenvalue weighted by atomic mass is 35.5. The molecule has 1 saturated heterocycles. The van der Waals surface area contributed by atoms with E-state index in [4.69, 9.17) is 25.8 Å². The molecule has 1 N–H and O–H groups in total. The minimum absolute atomic E-state index is 0.582. The van der Waals surface area contributed by atoms with E-state index in [0.29, 0.717) is 23.1 Å². The zero-order valence-electron chi connectivity index (χ0n) is 13.4. The molecule has 0 saturated carbocycles. The molecule has 1 aromatic rings. The molecule has 0 unspecified atom stereocenters. The lowest BCUT2D eigenvalue weighted by molar-refractivity contribution is 0.0384. The highest BCUT2D eigenvalue weighted by molar-refractivity contribution is 6.32. The van der Waals surface area contributed by atoms with Crippen molar-refractivity contribution in [1.82, 2.24) is 10.2 Å². The Kier molecular flexibility index (Phi) is 7.25. The first kappa shape index (κ1) is 17.3. The van der Waals surface area contributed by atoms with E-state index < -0.39 is 0 Å². The van der Waals surface area contributed by atoms with Crippen molar-refractivity contribution in [3.05, 3.63) is 22.7 Å². The summed E-state index contributed by atoms with van der Waals surface area (Å²) in [6.45, 7) is 8.97. The highest BCUT2D eigenvalue weighted by Gasteiger charge is 2.12. The number of halogens is 1. The monoisotopic (exact) mass is 328 g/mol. The van der Waals surface area contributed by atoms with Crippen molar-refractivity contribution >= 4 is 11.6 Å². The van der Waals surface area contributed by atoms with Crippen LogP contribution in [0.5, 0.6) is 11.5 Å². The second kappa shape index (κ2) is 9.20. The fourth-order valence-electron chi connectivity index (χ4n) is 2.48. The fourth-order valence-corrected chi connectivity index (χ4v) is 2.79. The number of ether oxygens (including phenoxy) is 3. The third kappa shape index (κ3) is 5.02. The van der Waals surface area contributed by atoms with Crippen LogP contribution in [0.1, 0.15) is 12.5 Å². The number of morpholine rings is 1.